The lowest BCUT2D eigenvalue weighted by molar-refractivity contribution is -0.143. The van der Waals surface area contributed by atoms with E-state index in [0.29, 0.717) is 45.2 Å². The highest BCUT2D eigenvalue weighted by Gasteiger charge is 2.34. The summed E-state index contributed by atoms with van der Waals surface area (Å²) in [4.78, 5) is 8.17. The minimum absolute atomic E-state index is 0.0138. The number of guanidine groups is 1. The van der Waals surface area contributed by atoms with E-state index in [0.717, 1.165) is 13.1 Å². The number of aliphatic imine (C=N–C) groups is 1. The molecule has 0 amide bonds. The van der Waals surface area contributed by atoms with Crippen LogP contribution in [0, 0.1) is 0 Å². The summed E-state index contributed by atoms with van der Waals surface area (Å²) in [5.41, 5.74) is 0. The van der Waals surface area contributed by atoms with Crippen molar-refractivity contribution >= 4 is 5.96 Å². The molecule has 2 N–H and O–H groups in total. The average Bonchev–Trinajstić information content (AvgIpc) is 2.90. The standard InChI is InChI=1S/C15H28F3N5O/c1-3-19-14(20-8-13-10-22(2)6-7-24-13)21-12-4-5-23(9-12)11-15(16,17)18/h12-13H,3-11H2,1-2H3,(H2,19,20,21). The normalized spacial score (nSPS) is 27.5. The quantitative estimate of drug-likeness (QED) is 0.558. The van der Waals surface area contributed by atoms with Gasteiger partial charge in [-0.3, -0.25) is 9.89 Å². The number of ether oxygens (including phenoxy) is 1. The summed E-state index contributed by atoms with van der Waals surface area (Å²) in [7, 11) is 2.05. The molecule has 2 aliphatic heterocycles. The summed E-state index contributed by atoms with van der Waals surface area (Å²) in [5, 5.41) is 6.40. The number of likely N-dealkylation sites (N-methyl/N-ethyl adjacent to an activating group) is 1. The molecule has 9 heteroatoms. The molecule has 2 atom stereocenters. The highest BCUT2D eigenvalue weighted by molar-refractivity contribution is 5.80. The number of halogens is 3. The van der Waals surface area contributed by atoms with Gasteiger partial charge in [0.15, 0.2) is 5.96 Å². The predicted octanol–water partition coefficient (Wildman–Crippen LogP) is 0.509. The van der Waals surface area contributed by atoms with Gasteiger partial charge in [0, 0.05) is 38.8 Å². The van der Waals surface area contributed by atoms with Crippen LogP contribution in [-0.2, 0) is 4.74 Å². The maximum absolute atomic E-state index is 12.5. The summed E-state index contributed by atoms with van der Waals surface area (Å²) in [6, 6.07) is -0.0138. The monoisotopic (exact) mass is 351 g/mol. The average molecular weight is 351 g/mol. The van der Waals surface area contributed by atoms with Gasteiger partial charge in [-0.2, -0.15) is 13.2 Å². The molecule has 2 saturated heterocycles. The van der Waals surface area contributed by atoms with E-state index in [1.54, 1.807) is 0 Å². The van der Waals surface area contributed by atoms with Crippen LogP contribution in [0.3, 0.4) is 0 Å². The van der Waals surface area contributed by atoms with Crippen LogP contribution < -0.4 is 10.6 Å². The van der Waals surface area contributed by atoms with E-state index in [1.165, 1.54) is 4.90 Å². The first-order valence-corrected chi connectivity index (χ1v) is 8.50. The Morgan fingerprint density at radius 3 is 2.75 bits per heavy atom. The molecule has 0 aliphatic carbocycles. The number of nitrogens with zero attached hydrogens (tertiary/aromatic N) is 3. The van der Waals surface area contributed by atoms with Crippen molar-refractivity contribution in [3.63, 3.8) is 0 Å². The number of nitrogens with one attached hydrogen (secondary N) is 2. The molecule has 0 saturated carbocycles. The molecule has 2 fully saturated rings. The van der Waals surface area contributed by atoms with Crippen LogP contribution in [0.15, 0.2) is 4.99 Å². The molecule has 2 unspecified atom stereocenters. The zero-order valence-electron chi connectivity index (χ0n) is 14.4. The van der Waals surface area contributed by atoms with Gasteiger partial charge < -0.3 is 20.3 Å². The van der Waals surface area contributed by atoms with Gasteiger partial charge in [-0.1, -0.05) is 0 Å². The van der Waals surface area contributed by atoms with Crippen molar-refractivity contribution in [1.29, 1.82) is 0 Å². The first kappa shape index (κ1) is 19.3. The highest BCUT2D eigenvalue weighted by atomic mass is 19.4. The van der Waals surface area contributed by atoms with Crippen LogP contribution in [0.4, 0.5) is 13.2 Å². The SMILES string of the molecule is CCNC(=NCC1CN(C)CCO1)NC1CCN(CC(F)(F)F)C1. The van der Waals surface area contributed by atoms with Crippen LogP contribution >= 0.6 is 0 Å². The maximum Gasteiger partial charge on any atom is 0.401 e. The predicted molar refractivity (Wildman–Crippen MR) is 87.3 cm³/mol. The molecule has 2 heterocycles. The molecule has 24 heavy (non-hydrogen) atoms. The van der Waals surface area contributed by atoms with E-state index in [1.807, 2.05) is 6.92 Å². The summed E-state index contributed by atoms with van der Waals surface area (Å²) < 4.78 is 43.1. The second kappa shape index (κ2) is 8.87. The van der Waals surface area contributed by atoms with Crippen molar-refractivity contribution in [2.24, 2.45) is 4.99 Å². The summed E-state index contributed by atoms with van der Waals surface area (Å²) in [5.74, 6) is 0.646. The Hall–Kier alpha value is -1.06. The van der Waals surface area contributed by atoms with Crippen LogP contribution in [-0.4, -0.2) is 93.5 Å². The Bertz CT molecular complexity index is 418. The highest BCUT2D eigenvalue weighted by Crippen LogP contribution is 2.19. The fraction of sp³-hybridized carbons (Fsp3) is 0.933. The van der Waals surface area contributed by atoms with E-state index < -0.39 is 12.7 Å². The molecule has 0 spiro atoms. The summed E-state index contributed by atoms with van der Waals surface area (Å²) >= 11 is 0. The lowest BCUT2D eigenvalue weighted by Crippen LogP contribution is -2.46. The van der Waals surface area contributed by atoms with Crippen molar-refractivity contribution < 1.29 is 17.9 Å². The van der Waals surface area contributed by atoms with Crippen LogP contribution in [0.25, 0.3) is 0 Å². The molecular weight excluding hydrogens is 323 g/mol. The third kappa shape index (κ3) is 6.82. The van der Waals surface area contributed by atoms with E-state index >= 15 is 0 Å². The Labute approximate surface area is 141 Å². The molecule has 0 aromatic rings. The Morgan fingerprint density at radius 2 is 2.08 bits per heavy atom. The van der Waals surface area contributed by atoms with E-state index in [2.05, 4.69) is 27.6 Å². The Balaban J connectivity index is 1.81. The van der Waals surface area contributed by atoms with Gasteiger partial charge in [0.25, 0.3) is 0 Å². The summed E-state index contributed by atoms with van der Waals surface area (Å²) in [6.45, 7) is 5.67. The van der Waals surface area contributed by atoms with Crippen molar-refractivity contribution in [2.45, 2.75) is 31.7 Å². The molecule has 0 bridgehead atoms. The van der Waals surface area contributed by atoms with E-state index in [9.17, 15) is 13.2 Å². The van der Waals surface area contributed by atoms with Gasteiger partial charge in [0.1, 0.15) is 0 Å². The van der Waals surface area contributed by atoms with Crippen molar-refractivity contribution in [2.75, 3.05) is 59.5 Å². The zero-order chi connectivity index (χ0) is 17.6. The van der Waals surface area contributed by atoms with Crippen LogP contribution in [0.2, 0.25) is 0 Å². The van der Waals surface area contributed by atoms with Crippen LogP contribution in [0.1, 0.15) is 13.3 Å². The Kier molecular flexibility index (Phi) is 7.12. The minimum Gasteiger partial charge on any atom is -0.374 e. The first-order valence-electron chi connectivity index (χ1n) is 8.50. The second-order valence-corrected chi connectivity index (χ2v) is 6.45. The number of rotatable bonds is 5. The third-order valence-corrected chi connectivity index (χ3v) is 4.16. The van der Waals surface area contributed by atoms with Crippen LogP contribution in [0.5, 0.6) is 0 Å². The number of hydrogen-bond donors (Lipinski definition) is 2. The van der Waals surface area contributed by atoms with Gasteiger partial charge in [-0.25, -0.2) is 0 Å². The lowest BCUT2D eigenvalue weighted by Gasteiger charge is -2.29. The number of likely N-dealkylation sites (tertiary alicyclic amines) is 1. The van der Waals surface area contributed by atoms with Gasteiger partial charge in [0.05, 0.1) is 25.8 Å². The fourth-order valence-electron chi connectivity index (χ4n) is 3.03. The van der Waals surface area contributed by atoms with Crippen molar-refractivity contribution in [3.05, 3.63) is 0 Å². The molecular formula is C15H28F3N5O. The molecule has 2 aliphatic rings. The molecule has 0 radical (unpaired) electrons. The van der Waals surface area contributed by atoms with Crippen molar-refractivity contribution in [3.8, 4) is 0 Å². The number of morpholine rings is 1. The largest absolute Gasteiger partial charge is 0.401 e. The van der Waals surface area contributed by atoms with Gasteiger partial charge >= 0.3 is 6.18 Å². The van der Waals surface area contributed by atoms with Gasteiger partial charge in [0.2, 0.25) is 0 Å². The first-order chi connectivity index (χ1) is 11.4. The van der Waals surface area contributed by atoms with E-state index in [4.69, 9.17) is 4.74 Å². The summed E-state index contributed by atoms with van der Waals surface area (Å²) in [6.07, 6.45) is -3.40. The minimum atomic E-state index is -4.14. The second-order valence-electron chi connectivity index (χ2n) is 6.45. The zero-order valence-corrected chi connectivity index (χ0v) is 14.4. The van der Waals surface area contributed by atoms with Gasteiger partial charge in [-0.05, 0) is 20.4 Å². The topological polar surface area (TPSA) is 52.1 Å². The van der Waals surface area contributed by atoms with E-state index in [-0.39, 0.29) is 12.1 Å². The van der Waals surface area contributed by atoms with Gasteiger partial charge in [-0.15, -0.1) is 0 Å². The molecule has 140 valence electrons. The third-order valence-electron chi connectivity index (χ3n) is 4.16. The number of hydrogen-bond acceptors (Lipinski definition) is 4. The fourth-order valence-corrected chi connectivity index (χ4v) is 3.03. The Morgan fingerprint density at radius 1 is 1.29 bits per heavy atom. The molecule has 0 aromatic heterocycles. The molecule has 0 aromatic carbocycles. The lowest BCUT2D eigenvalue weighted by atomic mass is 10.2. The smallest absolute Gasteiger partial charge is 0.374 e. The maximum atomic E-state index is 12.5. The molecule has 6 nitrogen and oxygen atoms in total. The molecule has 2 rings (SSSR count). The van der Waals surface area contributed by atoms with Crippen molar-refractivity contribution in [1.82, 2.24) is 20.4 Å². The number of alkyl halides is 3.